The van der Waals surface area contributed by atoms with E-state index in [1.165, 1.54) is 63.5 Å². The van der Waals surface area contributed by atoms with Gasteiger partial charge in [0, 0.05) is 53.2 Å². The Labute approximate surface area is 375 Å². The van der Waals surface area contributed by atoms with E-state index in [2.05, 4.69) is 79.9 Å². The molecule has 0 bridgehead atoms. The number of aryl methyl sites for hydroxylation is 2. The molecule has 11 nitrogen and oxygen atoms in total. The number of phenols is 2. The van der Waals surface area contributed by atoms with Crippen LogP contribution in [0.1, 0.15) is 121 Å². The third kappa shape index (κ3) is 18.1. The average Bonchev–Trinajstić information content (AvgIpc) is 3.12. The molecule has 3 fully saturated rings. The van der Waals surface area contributed by atoms with Gasteiger partial charge in [0.2, 0.25) is 0 Å². The summed E-state index contributed by atoms with van der Waals surface area (Å²) in [4.78, 5) is 25.5. The number of likely N-dealkylation sites (N-methyl/N-ethyl adjacent to an activating group) is 2. The van der Waals surface area contributed by atoms with Crippen LogP contribution in [0.15, 0.2) is 34.3 Å². The Balaban J connectivity index is 0.00000416. The maximum atomic E-state index is 11.5. The normalized spacial score (nSPS) is 23.3. The first kappa shape index (κ1) is 57.0. The molecule has 2 saturated heterocycles. The Kier molecular flexibility index (Phi) is 25.1. The summed E-state index contributed by atoms with van der Waals surface area (Å²) < 4.78 is 0. The van der Waals surface area contributed by atoms with Gasteiger partial charge in [-0.05, 0) is 70.9 Å². The third-order valence-corrected chi connectivity index (χ3v) is 12.2. The van der Waals surface area contributed by atoms with E-state index in [1.807, 2.05) is 12.4 Å². The van der Waals surface area contributed by atoms with Gasteiger partial charge in [-0.1, -0.05) is 73.9 Å². The van der Waals surface area contributed by atoms with Crippen LogP contribution in [0.25, 0.3) is 0 Å². The second-order valence-corrected chi connectivity index (χ2v) is 19.0. The van der Waals surface area contributed by atoms with Crippen LogP contribution in [0.5, 0.6) is 11.5 Å². The minimum atomic E-state index is -1.83. The van der Waals surface area contributed by atoms with E-state index in [1.54, 1.807) is 19.6 Å². The SMILES string of the molecule is C.C[NH+]1CC[NH+](CCCc2cc(C(C)(C)C)cc(C=NC3CCCCC3N=Cc3cc(C(C)(C)C)cc(CCC[NH+]4CC[NH+](C)CC4)c3O)c2O)CC1.O=C(O)O.[CH3-].[CH3-].[Co]. The molecule has 2 atom stereocenters. The number of aliphatic imine (C=N–C) groups is 2. The standard InChI is InChI=1S/C44H70N6O2.CH2O3.CH4.2CH3.Co/c1-43(2,3)37-27-33(13-11-17-49-23-19-47(7)20-24-49)41(51)35(29-37)31-45-39-15-9-10-16-40(39)46-32-36-30-38(44(4,5)6)28-34(42(36)52)14-12-18-50-25-21-48(8)22-26-50;2-1(3)4;;;;/h27-32,39-40,51-52H,9-26H2,1-8H3;(H2,2,3,4);1H4;2*1H3;/q;;;2*-1;/p+4. The number of carbonyl (C=O) groups is 1. The number of nitrogens with zero attached hydrogens (tertiary/aromatic N) is 2. The van der Waals surface area contributed by atoms with Gasteiger partial charge < -0.3 is 54.9 Å². The fourth-order valence-electron chi connectivity index (χ4n) is 8.29. The smallest absolute Gasteiger partial charge is 0.503 e. The summed E-state index contributed by atoms with van der Waals surface area (Å²) in [5.41, 5.74) is 6.17. The van der Waals surface area contributed by atoms with Crippen LogP contribution < -0.4 is 19.6 Å². The van der Waals surface area contributed by atoms with Crippen molar-refractivity contribution in [3.05, 3.63) is 72.5 Å². The quantitative estimate of drug-likeness (QED) is 0.123. The van der Waals surface area contributed by atoms with E-state index < -0.39 is 6.16 Å². The van der Waals surface area contributed by atoms with E-state index in [4.69, 9.17) is 25.0 Å². The summed E-state index contributed by atoms with van der Waals surface area (Å²) in [6.45, 7) is 25.8. The van der Waals surface area contributed by atoms with Crippen molar-refractivity contribution in [2.24, 2.45) is 9.98 Å². The Morgan fingerprint density at radius 1 is 0.650 bits per heavy atom. The number of benzene rings is 2. The van der Waals surface area contributed by atoms with Crippen LogP contribution in [0, 0.1) is 14.9 Å². The molecule has 0 amide bonds. The van der Waals surface area contributed by atoms with Crippen molar-refractivity contribution in [3.8, 4) is 11.5 Å². The molecular formula is C48H86CoN6O5+2. The zero-order valence-electron chi connectivity index (χ0n) is 38.3. The van der Waals surface area contributed by atoms with Crippen LogP contribution in [0.3, 0.4) is 0 Å². The van der Waals surface area contributed by atoms with E-state index in [0.29, 0.717) is 11.5 Å². The van der Waals surface area contributed by atoms with Gasteiger partial charge in [-0.2, -0.15) is 0 Å². The molecule has 2 aliphatic heterocycles. The van der Waals surface area contributed by atoms with Crippen molar-refractivity contribution in [1.82, 2.24) is 0 Å². The molecule has 2 unspecified atom stereocenters. The molecule has 0 spiro atoms. The van der Waals surface area contributed by atoms with E-state index in [-0.39, 0.29) is 62.0 Å². The molecule has 1 radical (unpaired) electrons. The third-order valence-electron chi connectivity index (χ3n) is 12.2. The minimum Gasteiger partial charge on any atom is -0.507 e. The number of piperazine rings is 2. The van der Waals surface area contributed by atoms with Crippen molar-refractivity contribution < 1.29 is 61.6 Å². The molecule has 5 rings (SSSR count). The Hall–Kier alpha value is -3.00. The molecule has 0 aromatic heterocycles. The van der Waals surface area contributed by atoms with Crippen LogP contribution >= 0.6 is 0 Å². The monoisotopic (exact) mass is 886 g/mol. The van der Waals surface area contributed by atoms with E-state index in [0.717, 1.165) is 86.7 Å². The van der Waals surface area contributed by atoms with Crippen LogP contribution in [-0.4, -0.2) is 131 Å². The van der Waals surface area contributed by atoms with Gasteiger partial charge in [0.15, 0.2) is 0 Å². The Morgan fingerprint density at radius 2 is 0.967 bits per heavy atom. The maximum absolute atomic E-state index is 11.5. The first-order valence-corrected chi connectivity index (χ1v) is 21.4. The number of quaternary nitrogens is 4. The predicted octanol–water partition coefficient (Wildman–Crippen LogP) is 2.99. The van der Waals surface area contributed by atoms with Gasteiger partial charge in [-0.25, -0.2) is 4.79 Å². The number of phenolic OH excluding ortho intramolecular Hbond substituents is 2. The van der Waals surface area contributed by atoms with Crippen molar-refractivity contribution in [2.75, 3.05) is 79.5 Å². The van der Waals surface area contributed by atoms with Crippen LogP contribution in [0.4, 0.5) is 4.79 Å². The van der Waals surface area contributed by atoms with Crippen LogP contribution in [0.2, 0.25) is 0 Å². The topological polar surface area (TPSA) is 140 Å². The summed E-state index contributed by atoms with van der Waals surface area (Å²) in [5.74, 6) is 0.773. The number of hydrogen-bond donors (Lipinski definition) is 8. The number of rotatable bonds is 12. The summed E-state index contributed by atoms with van der Waals surface area (Å²) >= 11 is 0. The fraction of sp³-hybridized carbons (Fsp3) is 0.646. The molecule has 1 aliphatic carbocycles. The molecule has 12 heteroatoms. The summed E-state index contributed by atoms with van der Waals surface area (Å²) in [6, 6.07) is 8.84. The molecule has 60 heavy (non-hydrogen) atoms. The zero-order valence-corrected chi connectivity index (χ0v) is 39.3. The maximum Gasteiger partial charge on any atom is 0.503 e. The Morgan fingerprint density at radius 3 is 1.27 bits per heavy atom. The van der Waals surface area contributed by atoms with Gasteiger partial charge in [0.1, 0.15) is 63.9 Å². The summed E-state index contributed by atoms with van der Waals surface area (Å²) in [5, 5.41) is 37.0. The molecule has 2 aromatic carbocycles. The molecule has 3 aliphatic rings. The first-order chi connectivity index (χ1) is 26.4. The number of hydrogen-bond acceptors (Lipinski definition) is 5. The molecule has 2 aromatic rings. The fourth-order valence-corrected chi connectivity index (χ4v) is 8.29. The minimum absolute atomic E-state index is 0. The average molecular weight is 886 g/mol. The van der Waals surface area contributed by atoms with Gasteiger partial charge in [-0.3, -0.25) is 9.98 Å². The Bertz CT molecular complexity index is 1500. The largest absolute Gasteiger partial charge is 0.507 e. The van der Waals surface area contributed by atoms with Gasteiger partial charge in [-0.15, -0.1) is 0 Å². The summed E-state index contributed by atoms with van der Waals surface area (Å²) in [6.07, 6.45) is 10.2. The molecule has 2 heterocycles. The number of nitrogens with one attached hydrogen (secondary N) is 4. The molecule has 8 N–H and O–H groups in total. The predicted molar refractivity (Wildman–Crippen MR) is 246 cm³/mol. The van der Waals surface area contributed by atoms with Crippen LogP contribution in [-0.2, 0) is 40.5 Å². The molecular weight excluding hydrogens is 799 g/mol. The summed E-state index contributed by atoms with van der Waals surface area (Å²) in [7, 11) is 4.59. The van der Waals surface area contributed by atoms with Crippen molar-refractivity contribution in [1.29, 1.82) is 0 Å². The first-order valence-electron chi connectivity index (χ1n) is 21.4. The number of carboxylic acid groups (broad SMARTS) is 2. The second kappa shape index (κ2) is 26.5. The number of aromatic hydroxyl groups is 2. The van der Waals surface area contributed by atoms with E-state index >= 15 is 0 Å². The van der Waals surface area contributed by atoms with Gasteiger partial charge in [0.05, 0.1) is 39.3 Å². The molecule has 1 saturated carbocycles. The van der Waals surface area contributed by atoms with E-state index in [9.17, 15) is 10.2 Å². The van der Waals surface area contributed by atoms with Gasteiger partial charge >= 0.3 is 6.16 Å². The zero-order chi connectivity index (χ0) is 41.0. The molecule has 345 valence electrons. The van der Waals surface area contributed by atoms with Crippen molar-refractivity contribution in [3.63, 3.8) is 0 Å². The van der Waals surface area contributed by atoms with Crippen molar-refractivity contribution >= 4 is 18.6 Å². The van der Waals surface area contributed by atoms with Crippen molar-refractivity contribution in [2.45, 2.75) is 123 Å². The second-order valence-electron chi connectivity index (χ2n) is 19.0. The van der Waals surface area contributed by atoms with Gasteiger partial charge in [0.25, 0.3) is 0 Å².